The first-order chi connectivity index (χ1) is 15.6. The van der Waals surface area contributed by atoms with Crippen LogP contribution in [0.1, 0.15) is 37.8 Å². The zero-order valence-corrected chi connectivity index (χ0v) is 20.6. The van der Waals surface area contributed by atoms with Gasteiger partial charge in [-0.25, -0.2) is 17.9 Å². The summed E-state index contributed by atoms with van der Waals surface area (Å²) in [5.41, 5.74) is 2.92. The topological polar surface area (TPSA) is 92.8 Å². The molecule has 0 fully saturated rings. The van der Waals surface area contributed by atoms with Gasteiger partial charge in [0.15, 0.2) is 5.78 Å². The van der Waals surface area contributed by atoms with Crippen molar-refractivity contribution in [3.8, 4) is 0 Å². The van der Waals surface area contributed by atoms with E-state index in [1.165, 1.54) is 12.1 Å². The number of carbonyl (C=O) groups is 2. The van der Waals surface area contributed by atoms with Gasteiger partial charge in [-0.15, -0.1) is 0 Å². The van der Waals surface area contributed by atoms with E-state index in [0.717, 1.165) is 44.2 Å². The van der Waals surface area contributed by atoms with Gasteiger partial charge in [-0.2, -0.15) is 0 Å². The highest BCUT2D eigenvalue weighted by molar-refractivity contribution is 7.90. The zero-order chi connectivity index (χ0) is 24.2. The predicted molar refractivity (Wildman–Crippen MR) is 128 cm³/mol. The number of ether oxygens (including phenoxy) is 1. The van der Waals surface area contributed by atoms with Crippen LogP contribution in [-0.2, 0) is 32.4 Å². The molecule has 1 amide bonds. The lowest BCUT2D eigenvalue weighted by Gasteiger charge is -2.38. The van der Waals surface area contributed by atoms with E-state index in [0.29, 0.717) is 16.5 Å². The SMILES string of the molecule is COC(=O)NS(=O)(=O)c1ccc(CC(=O)[C@H](CC(C)C)N2CCCc3cc(Cl)ccc32)cc1. The van der Waals surface area contributed by atoms with Crippen LogP contribution in [0, 0.1) is 5.92 Å². The molecule has 1 N–H and O–H groups in total. The number of nitrogens with one attached hydrogen (secondary N) is 1. The van der Waals surface area contributed by atoms with Crippen LogP contribution in [0.25, 0.3) is 0 Å². The molecule has 1 aliphatic heterocycles. The van der Waals surface area contributed by atoms with Gasteiger partial charge in [0, 0.05) is 23.7 Å². The fourth-order valence-electron chi connectivity index (χ4n) is 4.11. The fraction of sp³-hybridized carbons (Fsp3) is 0.417. The van der Waals surface area contributed by atoms with Crippen LogP contribution in [0.4, 0.5) is 10.5 Å². The first-order valence-corrected chi connectivity index (χ1v) is 12.7. The third-order valence-electron chi connectivity index (χ3n) is 5.65. The number of sulfonamides is 1. The summed E-state index contributed by atoms with van der Waals surface area (Å²) < 4.78 is 30.6. The Balaban J connectivity index is 1.80. The molecule has 1 heterocycles. The Morgan fingerprint density at radius 2 is 1.85 bits per heavy atom. The summed E-state index contributed by atoms with van der Waals surface area (Å²) in [6.07, 6.45) is 1.73. The van der Waals surface area contributed by atoms with Crippen LogP contribution >= 0.6 is 11.6 Å². The highest BCUT2D eigenvalue weighted by atomic mass is 35.5. The summed E-state index contributed by atoms with van der Waals surface area (Å²) in [5, 5.41) is 0.694. The predicted octanol–water partition coefficient (Wildman–Crippen LogP) is 4.36. The molecular weight excluding hydrogens is 464 g/mol. The van der Waals surface area contributed by atoms with Crippen molar-refractivity contribution in [1.29, 1.82) is 0 Å². The summed E-state index contributed by atoms with van der Waals surface area (Å²) in [5.74, 6) is 0.406. The lowest BCUT2D eigenvalue weighted by molar-refractivity contribution is -0.120. The van der Waals surface area contributed by atoms with Gasteiger partial charge in [-0.3, -0.25) is 4.79 Å². The molecule has 33 heavy (non-hydrogen) atoms. The highest BCUT2D eigenvalue weighted by Crippen LogP contribution is 2.33. The molecule has 9 heteroatoms. The summed E-state index contributed by atoms with van der Waals surface area (Å²) in [6, 6.07) is 11.5. The molecule has 0 aliphatic carbocycles. The second kappa shape index (κ2) is 10.6. The van der Waals surface area contributed by atoms with Gasteiger partial charge in [0.2, 0.25) is 0 Å². The van der Waals surface area contributed by atoms with E-state index in [-0.39, 0.29) is 23.1 Å². The van der Waals surface area contributed by atoms with Crippen LogP contribution in [0.5, 0.6) is 0 Å². The van der Waals surface area contributed by atoms with E-state index in [4.69, 9.17) is 11.6 Å². The molecule has 0 radical (unpaired) electrons. The Morgan fingerprint density at radius 1 is 1.15 bits per heavy atom. The number of ketones is 1. The van der Waals surface area contributed by atoms with Crippen LogP contribution in [0.3, 0.4) is 0 Å². The third-order valence-corrected chi connectivity index (χ3v) is 7.22. The summed E-state index contributed by atoms with van der Waals surface area (Å²) in [4.78, 5) is 26.8. The van der Waals surface area contributed by atoms with E-state index >= 15 is 0 Å². The van der Waals surface area contributed by atoms with Gasteiger partial charge in [0.25, 0.3) is 10.0 Å². The van der Waals surface area contributed by atoms with Crippen molar-refractivity contribution in [2.45, 2.75) is 50.5 Å². The maximum Gasteiger partial charge on any atom is 0.420 e. The molecule has 0 bridgehead atoms. The second-order valence-electron chi connectivity index (χ2n) is 8.60. The minimum atomic E-state index is -4.03. The number of hydrogen-bond acceptors (Lipinski definition) is 6. The number of fused-ring (bicyclic) bond motifs is 1. The van der Waals surface area contributed by atoms with Crippen molar-refractivity contribution in [2.75, 3.05) is 18.6 Å². The fourth-order valence-corrected chi connectivity index (χ4v) is 5.22. The number of carbonyl (C=O) groups excluding carboxylic acids is 2. The molecule has 2 aromatic carbocycles. The normalized spacial score (nSPS) is 14.5. The Bertz CT molecular complexity index is 1120. The number of rotatable bonds is 8. The number of anilines is 1. The number of hydrogen-bond donors (Lipinski definition) is 1. The summed E-state index contributed by atoms with van der Waals surface area (Å²) in [6.45, 7) is 5.00. The molecule has 2 aromatic rings. The van der Waals surface area contributed by atoms with Crippen LogP contribution < -0.4 is 9.62 Å². The summed E-state index contributed by atoms with van der Waals surface area (Å²) >= 11 is 6.18. The molecule has 3 rings (SSSR count). The standard InChI is InChI=1S/C24H29ClN2O5S/c1-16(2)13-22(27-12-4-5-18-15-19(25)8-11-21(18)27)23(28)14-17-6-9-20(10-7-17)33(30,31)26-24(29)32-3/h6-11,15-16,22H,4-5,12-14H2,1-3H3,(H,26,29)/t22-/m0/s1. The number of aryl methyl sites for hydroxylation is 1. The van der Waals surface area contributed by atoms with Crippen molar-refractivity contribution in [1.82, 2.24) is 4.72 Å². The van der Waals surface area contributed by atoms with Gasteiger partial charge >= 0.3 is 6.09 Å². The van der Waals surface area contributed by atoms with Gasteiger partial charge in [-0.05, 0) is 66.6 Å². The van der Waals surface area contributed by atoms with Gasteiger partial charge < -0.3 is 9.64 Å². The zero-order valence-electron chi connectivity index (χ0n) is 19.0. The Hall–Kier alpha value is -2.58. The average molecular weight is 493 g/mol. The molecule has 178 valence electrons. The minimum absolute atomic E-state index is 0.0785. The monoisotopic (exact) mass is 492 g/mol. The number of nitrogens with zero attached hydrogens (tertiary/aromatic N) is 1. The quantitative estimate of drug-likeness (QED) is 0.588. The van der Waals surface area contributed by atoms with Crippen LogP contribution in [0.2, 0.25) is 5.02 Å². The second-order valence-corrected chi connectivity index (χ2v) is 10.7. The molecule has 0 aromatic heterocycles. The third kappa shape index (κ3) is 6.26. The number of halogens is 1. The van der Waals surface area contributed by atoms with Crippen LogP contribution in [0.15, 0.2) is 47.4 Å². The molecule has 1 atom stereocenters. The molecule has 0 saturated carbocycles. The molecular formula is C24H29ClN2O5S. The van der Waals surface area contributed by atoms with E-state index in [2.05, 4.69) is 23.5 Å². The lowest BCUT2D eigenvalue weighted by atomic mass is 9.91. The van der Waals surface area contributed by atoms with Gasteiger partial charge in [-0.1, -0.05) is 37.6 Å². The number of Topliss-reactive ketones (excluding diaryl/α,β-unsaturated/α-hetero) is 1. The minimum Gasteiger partial charge on any atom is -0.452 e. The number of amides is 1. The maximum atomic E-state index is 13.4. The highest BCUT2D eigenvalue weighted by Gasteiger charge is 2.30. The lowest BCUT2D eigenvalue weighted by Crippen LogP contribution is -2.45. The first-order valence-electron chi connectivity index (χ1n) is 10.9. The van der Waals surface area contributed by atoms with E-state index in [1.807, 2.05) is 18.2 Å². The van der Waals surface area contributed by atoms with Crippen molar-refractivity contribution in [3.05, 3.63) is 58.6 Å². The Morgan fingerprint density at radius 3 is 2.48 bits per heavy atom. The average Bonchev–Trinajstić information content (AvgIpc) is 2.76. The van der Waals surface area contributed by atoms with E-state index in [9.17, 15) is 18.0 Å². The van der Waals surface area contributed by atoms with Crippen molar-refractivity contribution >= 4 is 39.2 Å². The smallest absolute Gasteiger partial charge is 0.420 e. The molecule has 0 unspecified atom stereocenters. The van der Waals surface area contributed by atoms with Crippen molar-refractivity contribution in [2.24, 2.45) is 5.92 Å². The number of benzene rings is 2. The van der Waals surface area contributed by atoms with Gasteiger partial charge in [0.05, 0.1) is 18.0 Å². The van der Waals surface area contributed by atoms with E-state index in [1.54, 1.807) is 16.9 Å². The van der Waals surface area contributed by atoms with Crippen molar-refractivity contribution in [3.63, 3.8) is 0 Å². The molecule has 0 saturated heterocycles. The Labute approximate surface area is 200 Å². The molecule has 0 spiro atoms. The largest absolute Gasteiger partial charge is 0.452 e. The maximum absolute atomic E-state index is 13.4. The molecule has 7 nitrogen and oxygen atoms in total. The van der Waals surface area contributed by atoms with E-state index < -0.39 is 16.1 Å². The number of methoxy groups -OCH3 is 1. The van der Waals surface area contributed by atoms with Crippen molar-refractivity contribution < 1.29 is 22.7 Å². The van der Waals surface area contributed by atoms with Gasteiger partial charge in [0.1, 0.15) is 0 Å². The molecule has 1 aliphatic rings. The summed E-state index contributed by atoms with van der Waals surface area (Å²) in [7, 11) is -2.95. The first kappa shape index (κ1) is 25.1. The Kier molecular flexibility index (Phi) is 8.02. The van der Waals surface area contributed by atoms with Crippen LogP contribution in [-0.4, -0.2) is 40.0 Å².